The van der Waals surface area contributed by atoms with Crippen molar-refractivity contribution < 1.29 is 9.90 Å². The summed E-state index contributed by atoms with van der Waals surface area (Å²) in [7, 11) is 0. The molecule has 0 aliphatic carbocycles. The zero-order valence-electron chi connectivity index (χ0n) is 16.6. The third-order valence-corrected chi connectivity index (χ3v) is 7.13. The van der Waals surface area contributed by atoms with E-state index in [1.165, 1.54) is 27.4 Å². The van der Waals surface area contributed by atoms with Crippen molar-refractivity contribution in [3.8, 4) is 11.8 Å². The lowest BCUT2D eigenvalue weighted by molar-refractivity contribution is -0.136. The lowest BCUT2D eigenvalue weighted by atomic mass is 9.76. The molecule has 0 unspecified atom stereocenters. The summed E-state index contributed by atoms with van der Waals surface area (Å²) >= 11 is 3.44. The summed E-state index contributed by atoms with van der Waals surface area (Å²) in [5, 5.41) is 8.92. The Balaban J connectivity index is 1.98. The van der Waals surface area contributed by atoms with E-state index in [2.05, 4.69) is 58.6 Å². The van der Waals surface area contributed by atoms with E-state index in [-0.39, 0.29) is 16.6 Å². The largest absolute Gasteiger partial charge is 0.481 e. The molecule has 0 saturated carbocycles. The van der Waals surface area contributed by atoms with Crippen molar-refractivity contribution in [2.24, 2.45) is 0 Å². The lowest BCUT2D eigenvalue weighted by Gasteiger charge is -2.42. The fourth-order valence-corrected chi connectivity index (χ4v) is 6.48. The van der Waals surface area contributed by atoms with Crippen LogP contribution in [0, 0.1) is 11.8 Å². The Morgan fingerprint density at radius 3 is 2.59 bits per heavy atom. The van der Waals surface area contributed by atoms with Gasteiger partial charge in [-0.3, -0.25) is 4.79 Å². The number of hydrogen-bond donors (Lipinski definition) is 1. The predicted octanol–water partition coefficient (Wildman–Crippen LogP) is 5.89. The fourth-order valence-electron chi connectivity index (χ4n) is 3.96. The summed E-state index contributed by atoms with van der Waals surface area (Å²) in [6, 6.07) is 8.40. The molecule has 1 aromatic heterocycles. The molecule has 2 heterocycles. The van der Waals surface area contributed by atoms with Gasteiger partial charge in [-0.25, -0.2) is 0 Å². The first-order valence-electron chi connectivity index (χ1n) is 9.28. The second-order valence-corrected chi connectivity index (χ2v) is 11.3. The number of carboxylic acids is 1. The molecule has 1 aliphatic rings. The first kappa shape index (κ1) is 20.0. The van der Waals surface area contributed by atoms with Crippen molar-refractivity contribution in [2.45, 2.75) is 68.9 Å². The molecule has 27 heavy (non-hydrogen) atoms. The third-order valence-electron chi connectivity index (χ3n) is 4.88. The highest BCUT2D eigenvalue weighted by molar-refractivity contribution is 8.00. The van der Waals surface area contributed by atoms with Crippen LogP contribution in [0.25, 0.3) is 0 Å². The van der Waals surface area contributed by atoms with Crippen molar-refractivity contribution in [2.75, 3.05) is 0 Å². The third kappa shape index (κ3) is 4.59. The second kappa shape index (κ2) is 7.37. The molecule has 0 atom stereocenters. The number of thioether (sulfide) groups is 1. The Morgan fingerprint density at radius 1 is 1.19 bits per heavy atom. The molecular formula is C23H26O2S2. The zero-order valence-corrected chi connectivity index (χ0v) is 18.2. The van der Waals surface area contributed by atoms with Gasteiger partial charge in [0, 0.05) is 20.1 Å². The number of aliphatic carboxylic acids is 1. The van der Waals surface area contributed by atoms with Crippen molar-refractivity contribution in [1.82, 2.24) is 0 Å². The average molecular weight is 399 g/mol. The van der Waals surface area contributed by atoms with Gasteiger partial charge in [0.15, 0.2) is 0 Å². The molecule has 0 amide bonds. The molecule has 1 N–H and O–H groups in total. The van der Waals surface area contributed by atoms with E-state index in [1.54, 1.807) is 0 Å². The molecule has 1 aliphatic heterocycles. The molecule has 142 valence electrons. The minimum Gasteiger partial charge on any atom is -0.481 e. The predicted molar refractivity (Wildman–Crippen MR) is 115 cm³/mol. The van der Waals surface area contributed by atoms with Gasteiger partial charge in [-0.15, -0.1) is 23.1 Å². The van der Waals surface area contributed by atoms with Crippen molar-refractivity contribution in [1.29, 1.82) is 0 Å². The molecule has 3 rings (SSSR count). The monoisotopic (exact) mass is 398 g/mol. The summed E-state index contributed by atoms with van der Waals surface area (Å²) in [6.07, 6.45) is 2.15. The molecule has 0 spiro atoms. The average Bonchev–Trinajstić information content (AvgIpc) is 2.97. The maximum atomic E-state index is 10.9. The summed E-state index contributed by atoms with van der Waals surface area (Å²) in [5.41, 5.74) is 3.90. The van der Waals surface area contributed by atoms with Crippen molar-refractivity contribution >= 4 is 29.1 Å². The van der Waals surface area contributed by atoms with Crippen LogP contribution in [0.4, 0.5) is 0 Å². The number of benzene rings is 1. The van der Waals surface area contributed by atoms with Crippen LogP contribution in [0.15, 0.2) is 29.2 Å². The van der Waals surface area contributed by atoms with Crippen LogP contribution < -0.4 is 0 Å². The van der Waals surface area contributed by atoms with E-state index in [1.807, 2.05) is 23.9 Å². The minimum absolute atomic E-state index is 0.0621. The van der Waals surface area contributed by atoms with Gasteiger partial charge in [0.05, 0.1) is 11.3 Å². The second-order valence-electron chi connectivity index (χ2n) is 8.37. The van der Waals surface area contributed by atoms with Crippen LogP contribution in [0.2, 0.25) is 0 Å². The maximum Gasteiger partial charge on any atom is 0.308 e. The molecular weight excluding hydrogens is 372 g/mol. The van der Waals surface area contributed by atoms with Gasteiger partial charge in [0.2, 0.25) is 0 Å². The van der Waals surface area contributed by atoms with Crippen LogP contribution in [-0.2, 0) is 23.1 Å². The number of carboxylic acid groups (broad SMARTS) is 1. The Labute approximate surface area is 170 Å². The van der Waals surface area contributed by atoms with E-state index in [9.17, 15) is 4.79 Å². The van der Waals surface area contributed by atoms with Gasteiger partial charge in [-0.2, -0.15) is 0 Å². The maximum absolute atomic E-state index is 10.9. The highest BCUT2D eigenvalue weighted by Gasteiger charge is 2.38. The molecule has 1 aromatic carbocycles. The van der Waals surface area contributed by atoms with Gasteiger partial charge in [-0.1, -0.05) is 46.5 Å². The van der Waals surface area contributed by atoms with E-state index in [4.69, 9.17) is 5.11 Å². The molecule has 0 fully saturated rings. The zero-order chi connectivity index (χ0) is 19.8. The van der Waals surface area contributed by atoms with Crippen LogP contribution in [0.3, 0.4) is 0 Å². The highest BCUT2D eigenvalue weighted by atomic mass is 32.2. The van der Waals surface area contributed by atoms with Crippen LogP contribution in [-0.4, -0.2) is 15.8 Å². The first-order valence-corrected chi connectivity index (χ1v) is 10.9. The number of hydrogen-bond acceptors (Lipinski definition) is 3. The van der Waals surface area contributed by atoms with Gasteiger partial charge >= 0.3 is 5.97 Å². The van der Waals surface area contributed by atoms with E-state index in [0.29, 0.717) is 0 Å². The van der Waals surface area contributed by atoms with E-state index >= 15 is 0 Å². The van der Waals surface area contributed by atoms with Gasteiger partial charge in [0.25, 0.3) is 0 Å². The summed E-state index contributed by atoms with van der Waals surface area (Å²) in [6.45, 7) is 11.5. The highest BCUT2D eigenvalue weighted by Crippen LogP contribution is 2.51. The number of carbonyl (C=O) groups is 1. The summed E-state index contributed by atoms with van der Waals surface area (Å²) in [4.78, 5) is 14.0. The normalized spacial score (nSPS) is 16.9. The van der Waals surface area contributed by atoms with Crippen LogP contribution in [0.1, 0.15) is 67.5 Å². The Bertz CT molecular complexity index is 939. The molecule has 0 radical (unpaired) electrons. The van der Waals surface area contributed by atoms with Crippen molar-refractivity contribution in [3.63, 3.8) is 0 Å². The van der Waals surface area contributed by atoms with Gasteiger partial charge in [0.1, 0.15) is 0 Å². The Hall–Kier alpha value is -1.70. The van der Waals surface area contributed by atoms with Gasteiger partial charge in [-0.05, 0) is 53.6 Å². The van der Waals surface area contributed by atoms with Crippen LogP contribution >= 0.6 is 23.1 Å². The summed E-state index contributed by atoms with van der Waals surface area (Å²) in [5.74, 6) is 5.80. The Morgan fingerprint density at radius 2 is 1.93 bits per heavy atom. The quantitative estimate of drug-likeness (QED) is 0.655. The van der Waals surface area contributed by atoms with E-state index in [0.717, 1.165) is 28.2 Å². The standard InChI is InChI=1S/C23H26O2S2/c1-6-15-12-20-19(22(2,3)14-23(4,5)27-20)11-16(15)7-8-17-9-10-18(26-17)13-21(24)25/h9-12H,6,13-14H2,1-5H3,(H,24,25). The molecule has 4 heteroatoms. The van der Waals surface area contributed by atoms with Gasteiger partial charge < -0.3 is 5.11 Å². The van der Waals surface area contributed by atoms with Crippen LogP contribution in [0.5, 0.6) is 0 Å². The Kier molecular flexibility index (Phi) is 5.47. The SMILES string of the molecule is CCc1cc2c(cc1C#Cc1ccc(CC(=O)O)s1)C(C)(C)CC(C)(C)S2. The topological polar surface area (TPSA) is 37.3 Å². The first-order chi connectivity index (χ1) is 12.6. The number of thiophene rings is 1. The smallest absolute Gasteiger partial charge is 0.308 e. The summed E-state index contributed by atoms with van der Waals surface area (Å²) < 4.78 is 0.242. The molecule has 0 saturated heterocycles. The van der Waals surface area contributed by atoms with E-state index < -0.39 is 5.97 Å². The fraction of sp³-hybridized carbons (Fsp3) is 0.435. The number of rotatable bonds is 3. The minimum atomic E-state index is -0.804. The number of aryl methyl sites for hydroxylation is 1. The van der Waals surface area contributed by atoms with Crippen molar-refractivity contribution in [3.05, 3.63) is 50.7 Å². The lowest BCUT2D eigenvalue weighted by Crippen LogP contribution is -2.33. The number of fused-ring (bicyclic) bond motifs is 1. The molecule has 2 aromatic rings. The molecule has 0 bridgehead atoms. The molecule has 2 nitrogen and oxygen atoms in total.